The average molecular weight is 312 g/mol. The second-order valence-electron chi connectivity index (χ2n) is 3.78. The van der Waals surface area contributed by atoms with Crippen LogP contribution in [0.5, 0.6) is 5.75 Å². The smallest absolute Gasteiger partial charge is 0.277 e. The Bertz CT molecular complexity index is 612. The van der Waals surface area contributed by atoms with Gasteiger partial charge in [-0.05, 0) is 30.3 Å². The summed E-state index contributed by atoms with van der Waals surface area (Å²) >= 11 is 11.7. The number of ether oxygens (including phenoxy) is 1. The zero-order valence-electron chi connectivity index (χ0n) is 10.3. The van der Waals surface area contributed by atoms with Crippen LogP contribution < -0.4 is 10.2 Å². The molecule has 0 fully saturated rings. The molecule has 0 aliphatic rings. The van der Waals surface area contributed by atoms with Crippen molar-refractivity contribution in [2.75, 3.05) is 6.61 Å². The maximum absolute atomic E-state index is 11.5. The summed E-state index contributed by atoms with van der Waals surface area (Å²) < 4.78 is 5.26. The highest BCUT2D eigenvalue weighted by molar-refractivity contribution is 6.35. The predicted molar refractivity (Wildman–Crippen MR) is 78.5 cm³/mol. The summed E-state index contributed by atoms with van der Waals surface area (Å²) in [6.07, 6.45) is 3.25. The second kappa shape index (κ2) is 6.98. The fourth-order valence-electron chi connectivity index (χ4n) is 1.37. The summed E-state index contributed by atoms with van der Waals surface area (Å²) in [4.78, 5) is 14.4. The monoisotopic (exact) mass is 311 g/mol. The number of aromatic amines is 1. The number of nitrogens with zero attached hydrogens (tertiary/aromatic N) is 1. The molecule has 0 radical (unpaired) electrons. The number of hydrazone groups is 1. The van der Waals surface area contributed by atoms with Gasteiger partial charge in [0.1, 0.15) is 5.75 Å². The van der Waals surface area contributed by atoms with E-state index in [2.05, 4.69) is 15.5 Å². The molecule has 104 valence electrons. The fourth-order valence-corrected chi connectivity index (χ4v) is 1.83. The molecule has 0 atom stereocenters. The van der Waals surface area contributed by atoms with Crippen molar-refractivity contribution in [3.63, 3.8) is 0 Å². The molecule has 1 amide bonds. The van der Waals surface area contributed by atoms with Crippen molar-refractivity contribution in [1.82, 2.24) is 10.4 Å². The maximum Gasteiger partial charge on any atom is 0.277 e. The molecule has 2 rings (SSSR count). The van der Waals surface area contributed by atoms with Crippen molar-refractivity contribution in [3.05, 3.63) is 52.3 Å². The number of halogens is 2. The number of benzene rings is 1. The van der Waals surface area contributed by atoms with Crippen LogP contribution in [0.2, 0.25) is 10.0 Å². The molecule has 0 saturated carbocycles. The fraction of sp³-hybridized carbons (Fsp3) is 0.0769. The van der Waals surface area contributed by atoms with Gasteiger partial charge in [0.25, 0.3) is 5.91 Å². The molecule has 1 aromatic carbocycles. The number of rotatable bonds is 5. The van der Waals surface area contributed by atoms with Crippen molar-refractivity contribution in [1.29, 1.82) is 0 Å². The lowest BCUT2D eigenvalue weighted by Gasteiger charge is -2.06. The van der Waals surface area contributed by atoms with Crippen LogP contribution in [0.3, 0.4) is 0 Å². The Morgan fingerprint density at radius 2 is 2.25 bits per heavy atom. The number of aromatic nitrogens is 1. The molecule has 5 nitrogen and oxygen atoms in total. The minimum absolute atomic E-state index is 0.191. The topological polar surface area (TPSA) is 66.5 Å². The van der Waals surface area contributed by atoms with Gasteiger partial charge >= 0.3 is 0 Å². The predicted octanol–water partition coefficient (Wildman–Crippen LogP) is 2.85. The third-order valence-corrected chi connectivity index (χ3v) is 2.80. The summed E-state index contributed by atoms with van der Waals surface area (Å²) in [5, 5.41) is 4.62. The second-order valence-corrected chi connectivity index (χ2v) is 4.63. The lowest BCUT2D eigenvalue weighted by Crippen LogP contribution is -2.24. The first-order chi connectivity index (χ1) is 9.65. The molecule has 0 unspecified atom stereocenters. The van der Waals surface area contributed by atoms with Gasteiger partial charge in [-0.15, -0.1) is 0 Å². The van der Waals surface area contributed by atoms with Crippen LogP contribution in [-0.2, 0) is 4.79 Å². The molecule has 0 saturated heterocycles. The summed E-state index contributed by atoms with van der Waals surface area (Å²) in [5.41, 5.74) is 3.12. The average Bonchev–Trinajstić information content (AvgIpc) is 2.91. The van der Waals surface area contributed by atoms with Crippen LogP contribution >= 0.6 is 23.2 Å². The van der Waals surface area contributed by atoms with Crippen LogP contribution in [0.15, 0.2) is 41.6 Å². The lowest BCUT2D eigenvalue weighted by molar-refractivity contribution is -0.123. The number of hydrogen-bond acceptors (Lipinski definition) is 3. The van der Waals surface area contributed by atoms with Gasteiger partial charge in [0, 0.05) is 11.2 Å². The largest absolute Gasteiger partial charge is 0.482 e. The molecule has 2 N–H and O–H groups in total. The SMILES string of the molecule is O=C(COc1ccc(Cl)cc1Cl)N/N=C/c1ccc[nH]1. The lowest BCUT2D eigenvalue weighted by atomic mass is 10.3. The summed E-state index contributed by atoms with van der Waals surface area (Å²) in [5.74, 6) is -0.00149. The van der Waals surface area contributed by atoms with Gasteiger partial charge in [0.05, 0.1) is 16.9 Å². The molecule has 0 bridgehead atoms. The minimum atomic E-state index is -0.390. The van der Waals surface area contributed by atoms with Crippen LogP contribution in [0.1, 0.15) is 5.69 Å². The van der Waals surface area contributed by atoms with E-state index in [0.29, 0.717) is 15.8 Å². The number of amides is 1. The zero-order chi connectivity index (χ0) is 14.4. The number of carbonyl (C=O) groups excluding carboxylic acids is 1. The van der Waals surface area contributed by atoms with E-state index in [1.807, 2.05) is 12.1 Å². The van der Waals surface area contributed by atoms with E-state index in [0.717, 1.165) is 5.69 Å². The first kappa shape index (κ1) is 14.4. The Morgan fingerprint density at radius 3 is 2.95 bits per heavy atom. The standard InChI is InChI=1S/C13H11Cl2N3O2/c14-9-3-4-12(11(15)6-9)20-8-13(19)18-17-7-10-2-1-5-16-10/h1-7,16H,8H2,(H,18,19)/b17-7+. The highest BCUT2D eigenvalue weighted by atomic mass is 35.5. The van der Waals surface area contributed by atoms with E-state index in [1.54, 1.807) is 24.4 Å². The first-order valence-electron chi connectivity index (χ1n) is 5.68. The molecule has 2 aromatic rings. The van der Waals surface area contributed by atoms with Crippen molar-refractivity contribution in [2.24, 2.45) is 5.10 Å². The molecule has 0 aliphatic carbocycles. The normalized spacial score (nSPS) is 10.7. The van der Waals surface area contributed by atoms with Crippen molar-refractivity contribution in [3.8, 4) is 5.75 Å². The molecule has 20 heavy (non-hydrogen) atoms. The van der Waals surface area contributed by atoms with Gasteiger partial charge in [-0.2, -0.15) is 5.10 Å². The van der Waals surface area contributed by atoms with E-state index in [9.17, 15) is 4.79 Å². The Morgan fingerprint density at radius 1 is 1.40 bits per heavy atom. The van der Waals surface area contributed by atoms with E-state index in [4.69, 9.17) is 27.9 Å². The molecular formula is C13H11Cl2N3O2. The Balaban J connectivity index is 1.80. The summed E-state index contributed by atoms with van der Waals surface area (Å²) in [7, 11) is 0. The van der Waals surface area contributed by atoms with Crippen LogP contribution in [-0.4, -0.2) is 23.7 Å². The first-order valence-corrected chi connectivity index (χ1v) is 6.44. The highest BCUT2D eigenvalue weighted by Crippen LogP contribution is 2.27. The number of H-pyrrole nitrogens is 1. The van der Waals surface area contributed by atoms with E-state index >= 15 is 0 Å². The van der Waals surface area contributed by atoms with E-state index in [1.165, 1.54) is 6.21 Å². The molecule has 0 aliphatic heterocycles. The highest BCUT2D eigenvalue weighted by Gasteiger charge is 2.05. The number of hydrogen-bond donors (Lipinski definition) is 2. The Labute approximate surface area is 125 Å². The van der Waals surface area contributed by atoms with Gasteiger partial charge in [-0.1, -0.05) is 23.2 Å². The Kier molecular flexibility index (Phi) is 5.03. The van der Waals surface area contributed by atoms with Gasteiger partial charge in [-0.25, -0.2) is 5.43 Å². The summed E-state index contributed by atoms with van der Waals surface area (Å²) in [6.45, 7) is -0.191. The molecular weight excluding hydrogens is 301 g/mol. The quantitative estimate of drug-likeness (QED) is 0.658. The van der Waals surface area contributed by atoms with Gasteiger partial charge in [-0.3, -0.25) is 4.79 Å². The zero-order valence-corrected chi connectivity index (χ0v) is 11.8. The molecule has 1 aromatic heterocycles. The van der Waals surface area contributed by atoms with Crippen molar-refractivity contribution >= 4 is 35.3 Å². The van der Waals surface area contributed by atoms with E-state index < -0.39 is 0 Å². The Hall–Kier alpha value is -1.98. The van der Waals surface area contributed by atoms with Gasteiger partial charge in [0.15, 0.2) is 6.61 Å². The molecule has 0 spiro atoms. The third kappa shape index (κ3) is 4.29. The van der Waals surface area contributed by atoms with Crippen LogP contribution in [0, 0.1) is 0 Å². The van der Waals surface area contributed by atoms with Crippen molar-refractivity contribution < 1.29 is 9.53 Å². The summed E-state index contributed by atoms with van der Waals surface area (Å²) in [6, 6.07) is 8.42. The van der Waals surface area contributed by atoms with Gasteiger partial charge in [0.2, 0.25) is 0 Å². The van der Waals surface area contributed by atoms with Crippen molar-refractivity contribution in [2.45, 2.75) is 0 Å². The number of nitrogens with one attached hydrogen (secondary N) is 2. The minimum Gasteiger partial charge on any atom is -0.482 e. The third-order valence-electron chi connectivity index (χ3n) is 2.27. The molecule has 1 heterocycles. The number of carbonyl (C=O) groups is 1. The van der Waals surface area contributed by atoms with Crippen LogP contribution in [0.25, 0.3) is 0 Å². The van der Waals surface area contributed by atoms with Crippen LogP contribution in [0.4, 0.5) is 0 Å². The van der Waals surface area contributed by atoms with Gasteiger partial charge < -0.3 is 9.72 Å². The maximum atomic E-state index is 11.5. The molecule has 7 heteroatoms. The van der Waals surface area contributed by atoms with E-state index in [-0.39, 0.29) is 12.5 Å².